The number of alkyl carbamates (subject to hydrolysis) is 1. The molecule has 0 aromatic heterocycles. The second-order valence-corrected chi connectivity index (χ2v) is 17.8. The van der Waals surface area contributed by atoms with E-state index in [0.29, 0.717) is 29.3 Å². The van der Waals surface area contributed by atoms with Crippen LogP contribution in [-0.2, 0) is 39.9 Å². The van der Waals surface area contributed by atoms with E-state index in [-0.39, 0.29) is 31.6 Å². The molecule has 3 rings (SSSR count). The molecule has 0 bridgehead atoms. The summed E-state index contributed by atoms with van der Waals surface area (Å²) in [4.78, 5) is 35.6. The van der Waals surface area contributed by atoms with E-state index in [1.807, 2.05) is 64.9 Å². The van der Waals surface area contributed by atoms with Crippen LogP contribution in [0.3, 0.4) is 0 Å². The summed E-state index contributed by atoms with van der Waals surface area (Å²) in [6.45, 7) is 16.5. The molecule has 1 amide bonds. The van der Waals surface area contributed by atoms with Crippen molar-refractivity contribution in [1.82, 2.24) is 10.2 Å². The Balaban J connectivity index is 2.22. The molecular weight excluding hydrogens is 782 g/mol. The summed E-state index contributed by atoms with van der Waals surface area (Å²) < 4.78 is 31.8. The molecule has 14 atom stereocenters. The lowest BCUT2D eigenvalue weighted by Crippen LogP contribution is -2.60. The van der Waals surface area contributed by atoms with Gasteiger partial charge in [-0.25, -0.2) is 4.79 Å². The SMILES string of the molecule is CCCCCCNC(=O)O[C@H]1[C@H](C)[C@@H](O[C@@H]2O[C@H](C)C[C@H](N(C)C)[C@H]2O)[C@](C)(OC)C[C@@H](C)/C(=N/OCc2ccccc2Cl)[C@H](C)[C@@H](O)[C@](C)(O)[C@@H](CC)OC(=O)[C@@H]1C. The molecule has 2 aliphatic rings. The molecule has 0 radical (unpaired) electrons. The molecule has 0 spiro atoms. The molecule has 0 aliphatic carbocycles. The molecule has 1 aromatic carbocycles. The van der Waals surface area contributed by atoms with E-state index < -0.39 is 83.7 Å². The van der Waals surface area contributed by atoms with Gasteiger partial charge in [0.25, 0.3) is 0 Å². The maximum atomic E-state index is 14.2. The number of halogens is 1. The van der Waals surface area contributed by atoms with E-state index in [9.17, 15) is 24.9 Å². The monoisotopic (exact) mass is 856 g/mol. The molecule has 2 saturated heterocycles. The van der Waals surface area contributed by atoms with Crippen LogP contribution in [0.15, 0.2) is 29.4 Å². The van der Waals surface area contributed by atoms with Gasteiger partial charge in [0, 0.05) is 48.0 Å². The first-order chi connectivity index (χ1) is 27.7. The molecule has 2 aliphatic heterocycles. The highest BCUT2D eigenvalue weighted by atomic mass is 35.5. The Morgan fingerprint density at radius 1 is 1.05 bits per heavy atom. The third kappa shape index (κ3) is 13.2. The van der Waals surface area contributed by atoms with Crippen LogP contribution in [0.25, 0.3) is 0 Å². The average molecular weight is 857 g/mol. The Labute approximate surface area is 357 Å². The van der Waals surface area contributed by atoms with Crippen LogP contribution in [0, 0.1) is 23.7 Å². The normalized spacial score (nSPS) is 37.1. The predicted molar refractivity (Wildman–Crippen MR) is 227 cm³/mol. The molecule has 2 heterocycles. The van der Waals surface area contributed by atoms with Crippen molar-refractivity contribution in [2.75, 3.05) is 27.7 Å². The first kappa shape index (κ1) is 50.8. The number of esters is 1. The first-order valence-electron chi connectivity index (χ1n) is 21.4. The number of aliphatic hydroxyl groups is 3. The molecule has 1 aromatic rings. The second-order valence-electron chi connectivity index (χ2n) is 17.4. The quantitative estimate of drug-likeness (QED) is 0.0911. The van der Waals surface area contributed by atoms with Gasteiger partial charge in [-0.3, -0.25) is 4.79 Å². The zero-order valence-corrected chi connectivity index (χ0v) is 38.2. The van der Waals surface area contributed by atoms with Crippen LogP contribution in [0.5, 0.6) is 0 Å². The fourth-order valence-electron chi connectivity index (χ4n) is 8.67. The summed E-state index contributed by atoms with van der Waals surface area (Å²) in [5, 5.41) is 43.6. The minimum Gasteiger partial charge on any atom is -0.459 e. The second kappa shape index (κ2) is 23.0. The highest BCUT2D eigenvalue weighted by Crippen LogP contribution is 2.40. The minimum atomic E-state index is -1.95. The van der Waals surface area contributed by atoms with E-state index in [0.717, 1.165) is 25.7 Å². The molecular formula is C44H74ClN3O11. The van der Waals surface area contributed by atoms with Crippen molar-refractivity contribution in [3.05, 3.63) is 34.9 Å². The van der Waals surface area contributed by atoms with E-state index in [1.54, 1.807) is 33.9 Å². The molecule has 2 fully saturated rings. The Morgan fingerprint density at radius 2 is 1.73 bits per heavy atom. The number of rotatable bonds is 14. The molecule has 0 unspecified atom stereocenters. The number of cyclic esters (lactones) is 1. The van der Waals surface area contributed by atoms with E-state index in [4.69, 9.17) is 40.1 Å². The van der Waals surface area contributed by atoms with Gasteiger partial charge in [-0.05, 0) is 73.5 Å². The zero-order chi connectivity index (χ0) is 44.2. The number of aliphatic hydroxyl groups excluding tert-OH is 2. The van der Waals surface area contributed by atoms with Crippen LogP contribution in [0.4, 0.5) is 4.79 Å². The van der Waals surface area contributed by atoms with Crippen LogP contribution < -0.4 is 5.32 Å². The summed E-state index contributed by atoms with van der Waals surface area (Å²) >= 11 is 6.43. The largest absolute Gasteiger partial charge is 0.459 e. The van der Waals surface area contributed by atoms with E-state index >= 15 is 0 Å². The van der Waals surface area contributed by atoms with Gasteiger partial charge in [0.1, 0.15) is 30.5 Å². The molecule has 14 nitrogen and oxygen atoms in total. The summed E-state index contributed by atoms with van der Waals surface area (Å²) in [5.74, 6) is -3.93. The van der Waals surface area contributed by atoms with Gasteiger partial charge in [0.2, 0.25) is 0 Å². The Bertz CT molecular complexity index is 1500. The van der Waals surface area contributed by atoms with Crippen molar-refractivity contribution >= 4 is 29.4 Å². The Morgan fingerprint density at radius 3 is 2.34 bits per heavy atom. The van der Waals surface area contributed by atoms with Crippen LogP contribution in [0.1, 0.15) is 113 Å². The van der Waals surface area contributed by atoms with Crippen molar-refractivity contribution in [2.24, 2.45) is 28.8 Å². The Hall–Kier alpha value is -2.56. The lowest BCUT2D eigenvalue weighted by atomic mass is 9.73. The molecule has 338 valence electrons. The van der Waals surface area contributed by atoms with Gasteiger partial charge >= 0.3 is 12.1 Å². The number of methoxy groups -OCH3 is 1. The minimum absolute atomic E-state index is 0.0360. The third-order valence-electron chi connectivity index (χ3n) is 12.4. The smallest absolute Gasteiger partial charge is 0.407 e. The number of amides is 1. The zero-order valence-electron chi connectivity index (χ0n) is 37.5. The number of carbonyl (C=O) groups excluding carboxylic acids is 2. The summed E-state index contributed by atoms with van der Waals surface area (Å²) in [5.41, 5.74) is -2.09. The number of oxime groups is 1. The molecule has 0 saturated carbocycles. The van der Waals surface area contributed by atoms with Crippen LogP contribution in [0.2, 0.25) is 5.02 Å². The van der Waals surface area contributed by atoms with Gasteiger partial charge < -0.3 is 54.1 Å². The van der Waals surface area contributed by atoms with Gasteiger partial charge in [0.05, 0.1) is 35.5 Å². The van der Waals surface area contributed by atoms with Crippen LogP contribution >= 0.6 is 11.6 Å². The van der Waals surface area contributed by atoms with E-state index in [1.165, 1.54) is 6.92 Å². The Kier molecular flexibility index (Phi) is 19.8. The standard InChI is InChI=1S/C44H74ClN3O11/c1-13-15-16-19-22-46-42(52)58-37-29(6)39(59-41-36(49)33(48(10)11)23-27(4)56-41)43(8,54-12)24-26(3)35(47-55-25-31-20-17-18-21-32(31)45)28(5)38(50)44(9,53)34(14-2)57-40(51)30(37)7/h17-18,20-21,26-30,33-34,36-39,41,49-50,53H,13-16,19,22-25H2,1-12H3,(H,46,52)/b47-35-/t26-,27-,28+,29+,30-,33+,34-,36-,37+,38-,39-,41+,43-,44-/m1/s1. The highest BCUT2D eigenvalue weighted by Gasteiger charge is 2.52. The lowest BCUT2D eigenvalue weighted by Gasteiger charge is -2.48. The number of benzene rings is 1. The van der Waals surface area contributed by atoms with E-state index in [2.05, 4.69) is 17.4 Å². The van der Waals surface area contributed by atoms with Crippen molar-refractivity contribution < 1.29 is 53.4 Å². The highest BCUT2D eigenvalue weighted by molar-refractivity contribution is 6.31. The van der Waals surface area contributed by atoms with Crippen molar-refractivity contribution in [1.29, 1.82) is 0 Å². The fraction of sp³-hybridized carbons (Fsp3) is 0.795. The maximum absolute atomic E-state index is 14.2. The fourth-order valence-corrected chi connectivity index (χ4v) is 8.86. The molecule has 15 heteroatoms. The number of ether oxygens (including phenoxy) is 5. The topological polar surface area (TPSA) is 178 Å². The van der Waals surface area contributed by atoms with Gasteiger partial charge in [-0.1, -0.05) is 88.8 Å². The lowest BCUT2D eigenvalue weighted by molar-refractivity contribution is -0.301. The first-order valence-corrected chi connectivity index (χ1v) is 21.8. The van der Waals surface area contributed by atoms with Gasteiger partial charge in [0.15, 0.2) is 6.29 Å². The van der Waals surface area contributed by atoms with Crippen LogP contribution in [-0.4, -0.2) is 126 Å². The van der Waals surface area contributed by atoms with Crippen molar-refractivity contribution in [3.63, 3.8) is 0 Å². The number of nitrogens with one attached hydrogen (secondary N) is 1. The number of likely N-dealkylation sites (N-methyl/N-ethyl adjacent to an activating group) is 1. The maximum Gasteiger partial charge on any atom is 0.407 e. The van der Waals surface area contributed by atoms with Crippen molar-refractivity contribution in [3.8, 4) is 0 Å². The van der Waals surface area contributed by atoms with Crippen molar-refractivity contribution in [2.45, 2.75) is 174 Å². The number of unbranched alkanes of at least 4 members (excludes halogenated alkanes) is 3. The van der Waals surface area contributed by atoms with Gasteiger partial charge in [-0.15, -0.1) is 0 Å². The summed E-state index contributed by atoms with van der Waals surface area (Å²) in [6, 6.07) is 6.94. The number of carbonyl (C=O) groups is 2. The number of nitrogens with zero attached hydrogens (tertiary/aromatic N) is 2. The third-order valence-corrected chi connectivity index (χ3v) is 12.8. The summed E-state index contributed by atoms with van der Waals surface area (Å²) in [7, 11) is 5.31. The number of hydrogen-bond acceptors (Lipinski definition) is 13. The van der Waals surface area contributed by atoms with Gasteiger partial charge in [-0.2, -0.15) is 0 Å². The number of hydrogen-bond donors (Lipinski definition) is 4. The molecule has 59 heavy (non-hydrogen) atoms. The molecule has 4 N–H and O–H groups in total. The predicted octanol–water partition coefficient (Wildman–Crippen LogP) is 6.49. The summed E-state index contributed by atoms with van der Waals surface area (Å²) in [6.07, 6.45) is -3.25. The average Bonchev–Trinajstić information content (AvgIpc) is 3.19.